The summed E-state index contributed by atoms with van der Waals surface area (Å²) in [5, 5.41) is 3.27. The molecule has 34 heavy (non-hydrogen) atoms. The highest BCUT2D eigenvalue weighted by Gasteiger charge is 2.42. The summed E-state index contributed by atoms with van der Waals surface area (Å²) in [6.45, 7) is 6.39. The molecule has 0 spiro atoms. The normalized spacial score (nSPS) is 15.0. The van der Waals surface area contributed by atoms with Crippen LogP contribution in [0.3, 0.4) is 0 Å². The van der Waals surface area contributed by atoms with E-state index in [0.717, 1.165) is 13.0 Å². The number of esters is 1. The van der Waals surface area contributed by atoms with Crippen LogP contribution in [0.1, 0.15) is 23.1 Å². The monoisotopic (exact) mass is 498 g/mol. The Bertz CT molecular complexity index is 1230. The molecule has 0 saturated carbocycles. The van der Waals surface area contributed by atoms with Crippen molar-refractivity contribution in [1.82, 2.24) is 14.9 Å². The Hall–Kier alpha value is -2.85. The van der Waals surface area contributed by atoms with Crippen LogP contribution in [0.4, 0.5) is 23.5 Å². The molecule has 11 heteroatoms. The summed E-state index contributed by atoms with van der Waals surface area (Å²) in [5.41, 5.74) is 2.37. The minimum atomic E-state index is -5.14. The highest BCUT2D eigenvalue weighted by Crippen LogP contribution is 2.36. The Labute approximate surface area is 198 Å². The second-order valence-electron chi connectivity index (χ2n) is 8.24. The lowest BCUT2D eigenvalue weighted by atomic mass is 10.1. The zero-order valence-electron chi connectivity index (χ0n) is 18.6. The maximum absolute atomic E-state index is 13.7. The van der Waals surface area contributed by atoms with Gasteiger partial charge in [0.05, 0.1) is 17.1 Å². The molecule has 1 aliphatic heterocycles. The summed E-state index contributed by atoms with van der Waals surface area (Å²) in [4.78, 5) is 18.4. The fourth-order valence-electron chi connectivity index (χ4n) is 3.98. The summed E-state index contributed by atoms with van der Waals surface area (Å²) in [6, 6.07) is 6.15. The first kappa shape index (κ1) is 24.3. The summed E-state index contributed by atoms with van der Waals surface area (Å²) in [7, 11) is 0. The van der Waals surface area contributed by atoms with E-state index in [1.54, 1.807) is 26.0 Å². The molecule has 0 unspecified atom stereocenters. The molecule has 2 heterocycles. The van der Waals surface area contributed by atoms with Crippen LogP contribution in [-0.4, -0.2) is 47.9 Å². The molecule has 3 aromatic rings. The number of carbonyl (C=O) groups excluding carboxylic acids is 1. The maximum atomic E-state index is 13.7. The number of carbonyl (C=O) groups is 1. The van der Waals surface area contributed by atoms with Gasteiger partial charge in [-0.2, -0.15) is 13.2 Å². The topological polar surface area (TPSA) is 59.4 Å². The summed E-state index contributed by atoms with van der Waals surface area (Å²) in [5.74, 6) is -2.55. The second-order valence-corrected chi connectivity index (χ2v) is 8.65. The third kappa shape index (κ3) is 4.83. The number of imidazole rings is 1. The van der Waals surface area contributed by atoms with E-state index >= 15 is 0 Å². The smallest absolute Gasteiger partial charge is 0.417 e. The summed E-state index contributed by atoms with van der Waals surface area (Å²) in [6.07, 6.45) is -4.30. The molecular formula is C23H23ClF4N4O2. The molecule has 4 rings (SSSR count). The minimum absolute atomic E-state index is 0.0331. The van der Waals surface area contributed by atoms with Crippen molar-refractivity contribution in [1.29, 1.82) is 0 Å². The fraction of sp³-hybridized carbons (Fsp3) is 0.391. The number of aryl methyl sites for hydroxylation is 1. The second kappa shape index (κ2) is 9.42. The van der Waals surface area contributed by atoms with Crippen molar-refractivity contribution < 1.29 is 27.1 Å². The van der Waals surface area contributed by atoms with Crippen LogP contribution in [0.5, 0.6) is 5.75 Å². The fourth-order valence-corrected chi connectivity index (χ4v) is 4.18. The van der Waals surface area contributed by atoms with Gasteiger partial charge in [0.25, 0.3) is 0 Å². The number of rotatable bonds is 4. The van der Waals surface area contributed by atoms with Gasteiger partial charge in [-0.15, -0.1) is 0 Å². The molecule has 1 saturated heterocycles. The number of hydrogen-bond acceptors (Lipinski definition) is 5. The van der Waals surface area contributed by atoms with Gasteiger partial charge in [-0.1, -0.05) is 17.7 Å². The summed E-state index contributed by atoms with van der Waals surface area (Å²) >= 11 is 5.97. The Kier molecular flexibility index (Phi) is 6.73. The van der Waals surface area contributed by atoms with Gasteiger partial charge in [-0.05, 0) is 61.7 Å². The number of anilines is 1. The number of halogens is 5. The van der Waals surface area contributed by atoms with Crippen LogP contribution in [0.15, 0.2) is 24.3 Å². The lowest BCUT2D eigenvalue weighted by Crippen LogP contribution is -2.30. The van der Waals surface area contributed by atoms with Gasteiger partial charge in [-0.3, -0.25) is 0 Å². The molecule has 0 amide bonds. The van der Waals surface area contributed by atoms with Crippen molar-refractivity contribution in [3.05, 3.63) is 51.8 Å². The van der Waals surface area contributed by atoms with Crippen LogP contribution in [0.25, 0.3) is 11.0 Å². The number of benzene rings is 2. The number of nitrogens with zero attached hydrogens (tertiary/aromatic N) is 3. The zero-order valence-corrected chi connectivity index (χ0v) is 19.4. The molecule has 0 radical (unpaired) electrons. The molecule has 0 bridgehead atoms. The van der Waals surface area contributed by atoms with Crippen LogP contribution in [-0.2, 0) is 11.3 Å². The highest BCUT2D eigenvalue weighted by molar-refractivity contribution is 6.30. The van der Waals surface area contributed by atoms with Crippen LogP contribution in [0.2, 0.25) is 5.02 Å². The van der Waals surface area contributed by atoms with Gasteiger partial charge in [0.15, 0.2) is 5.75 Å². The molecule has 182 valence electrons. The predicted octanol–water partition coefficient (Wildman–Crippen LogP) is 4.76. The van der Waals surface area contributed by atoms with Gasteiger partial charge < -0.3 is 19.5 Å². The molecule has 0 atom stereocenters. The molecule has 1 N–H and O–H groups in total. The third-order valence-corrected chi connectivity index (χ3v) is 6.15. The molecule has 6 nitrogen and oxygen atoms in total. The Balaban J connectivity index is 1.90. The molecule has 1 aliphatic rings. The SMILES string of the molecule is Cc1cc2c(nc(N3CCCNCC3)n2Cc2ccc(F)c(Cl)c2)c(OC(=O)C(F)(F)F)c1C. The molecule has 0 aliphatic carbocycles. The predicted molar refractivity (Wildman–Crippen MR) is 121 cm³/mol. The van der Waals surface area contributed by atoms with E-state index in [9.17, 15) is 22.4 Å². The minimum Gasteiger partial charge on any atom is -0.417 e. The van der Waals surface area contributed by atoms with Crippen LogP contribution >= 0.6 is 11.6 Å². The largest absolute Gasteiger partial charge is 0.491 e. The van der Waals surface area contributed by atoms with E-state index in [1.807, 2.05) is 9.47 Å². The van der Waals surface area contributed by atoms with Crippen molar-refractivity contribution in [2.45, 2.75) is 33.0 Å². The Morgan fingerprint density at radius 3 is 2.68 bits per heavy atom. The van der Waals surface area contributed by atoms with E-state index in [-0.39, 0.29) is 22.8 Å². The van der Waals surface area contributed by atoms with E-state index < -0.39 is 18.0 Å². The van der Waals surface area contributed by atoms with Crippen molar-refractivity contribution in [2.75, 3.05) is 31.1 Å². The Morgan fingerprint density at radius 2 is 1.97 bits per heavy atom. The van der Waals surface area contributed by atoms with E-state index in [2.05, 4.69) is 10.3 Å². The number of ether oxygens (including phenoxy) is 1. The molecular weight excluding hydrogens is 476 g/mol. The van der Waals surface area contributed by atoms with Gasteiger partial charge in [0.1, 0.15) is 11.3 Å². The third-order valence-electron chi connectivity index (χ3n) is 5.86. The Morgan fingerprint density at radius 1 is 1.21 bits per heavy atom. The van der Waals surface area contributed by atoms with Gasteiger partial charge in [0, 0.05) is 19.6 Å². The quantitative estimate of drug-likeness (QED) is 0.319. The van der Waals surface area contributed by atoms with Crippen molar-refractivity contribution in [3.63, 3.8) is 0 Å². The molecule has 1 aromatic heterocycles. The standard InChI is InChI=1S/C23H23ClF4N4O2/c1-13-10-18-19(20(14(13)2)34-21(33)23(26,27)28)30-22(31-8-3-6-29-7-9-31)32(18)12-15-4-5-17(25)16(24)11-15/h4-5,10-11,29H,3,6-9,12H2,1-2H3. The average Bonchev–Trinajstić information content (AvgIpc) is 2.94. The van der Waals surface area contributed by atoms with Gasteiger partial charge in [0.2, 0.25) is 5.95 Å². The highest BCUT2D eigenvalue weighted by atomic mass is 35.5. The number of aromatic nitrogens is 2. The number of fused-ring (bicyclic) bond motifs is 1. The van der Waals surface area contributed by atoms with Crippen molar-refractivity contribution in [2.24, 2.45) is 0 Å². The van der Waals surface area contributed by atoms with Crippen molar-refractivity contribution in [3.8, 4) is 5.75 Å². The lowest BCUT2D eigenvalue weighted by molar-refractivity contribution is -0.189. The van der Waals surface area contributed by atoms with E-state index in [1.165, 1.54) is 12.1 Å². The van der Waals surface area contributed by atoms with E-state index in [4.69, 9.17) is 16.3 Å². The zero-order chi connectivity index (χ0) is 24.6. The number of hydrogen-bond donors (Lipinski definition) is 1. The maximum Gasteiger partial charge on any atom is 0.491 e. The van der Waals surface area contributed by atoms with Crippen molar-refractivity contribution >= 4 is 34.6 Å². The van der Waals surface area contributed by atoms with Crippen LogP contribution in [0, 0.1) is 19.7 Å². The lowest BCUT2D eigenvalue weighted by Gasteiger charge is -2.22. The average molecular weight is 499 g/mol. The number of alkyl halides is 3. The van der Waals surface area contributed by atoms with Crippen LogP contribution < -0.4 is 15.0 Å². The molecule has 1 fully saturated rings. The van der Waals surface area contributed by atoms with Gasteiger partial charge >= 0.3 is 12.1 Å². The number of nitrogens with one attached hydrogen (secondary N) is 1. The molecule has 2 aromatic carbocycles. The summed E-state index contributed by atoms with van der Waals surface area (Å²) < 4.78 is 59.3. The first-order chi connectivity index (χ1) is 16.1. The first-order valence-corrected chi connectivity index (χ1v) is 11.1. The van der Waals surface area contributed by atoms with Gasteiger partial charge in [-0.25, -0.2) is 14.2 Å². The van der Waals surface area contributed by atoms with E-state index in [0.29, 0.717) is 47.8 Å². The first-order valence-electron chi connectivity index (χ1n) is 10.8.